The van der Waals surface area contributed by atoms with Crippen molar-refractivity contribution in [3.05, 3.63) is 77.4 Å². The zero-order chi connectivity index (χ0) is 25.2. The van der Waals surface area contributed by atoms with Crippen molar-refractivity contribution in [1.29, 1.82) is 0 Å². The molecular weight excluding hydrogens is 452 g/mol. The number of phenols is 2. The van der Waals surface area contributed by atoms with Gasteiger partial charge in [0.25, 0.3) is 5.91 Å². The lowest BCUT2D eigenvalue weighted by Gasteiger charge is -2.12. The summed E-state index contributed by atoms with van der Waals surface area (Å²) in [6.07, 6.45) is 2.26. The number of carbonyl (C=O) groups excluding carboxylic acids is 2. The topological polar surface area (TPSA) is 127 Å². The Morgan fingerprint density at radius 1 is 0.943 bits per heavy atom. The second-order valence-electron chi connectivity index (χ2n) is 7.30. The molecule has 0 saturated heterocycles. The van der Waals surface area contributed by atoms with E-state index in [9.17, 15) is 19.8 Å². The zero-order valence-electron chi connectivity index (χ0n) is 19.4. The van der Waals surface area contributed by atoms with Crippen molar-refractivity contribution in [2.45, 2.75) is 20.3 Å². The Hall–Kier alpha value is -4.53. The molecular formula is C26H26N2O7. The second kappa shape index (κ2) is 12.1. The largest absolute Gasteiger partial charge is 0.508 e. The minimum absolute atomic E-state index is 0.0397. The lowest BCUT2D eigenvalue weighted by atomic mass is 10.2. The fourth-order valence-corrected chi connectivity index (χ4v) is 2.96. The highest BCUT2D eigenvalue weighted by atomic mass is 16.6. The van der Waals surface area contributed by atoms with E-state index in [4.69, 9.17) is 14.2 Å². The summed E-state index contributed by atoms with van der Waals surface area (Å²) in [5.41, 5.74) is 3.19. The number of nitrogens with zero attached hydrogens (tertiary/aromatic N) is 1. The van der Waals surface area contributed by atoms with E-state index >= 15 is 0 Å². The average Bonchev–Trinajstić information content (AvgIpc) is 2.84. The fraction of sp³-hybridized carbons (Fsp3) is 0.192. The smallest absolute Gasteiger partial charge is 0.343 e. The maximum Gasteiger partial charge on any atom is 0.343 e. The maximum atomic E-state index is 12.6. The van der Waals surface area contributed by atoms with Gasteiger partial charge in [-0.1, -0.05) is 6.92 Å². The summed E-state index contributed by atoms with van der Waals surface area (Å²) in [6.45, 7) is 4.75. The van der Waals surface area contributed by atoms with E-state index in [-0.39, 0.29) is 22.8 Å². The summed E-state index contributed by atoms with van der Waals surface area (Å²) in [4.78, 5) is 24.7. The van der Waals surface area contributed by atoms with E-state index in [1.54, 1.807) is 49.4 Å². The Kier molecular flexibility index (Phi) is 8.66. The number of ether oxygens (including phenoxy) is 3. The molecule has 0 aliphatic rings. The predicted octanol–water partition coefficient (Wildman–Crippen LogP) is 4.27. The van der Waals surface area contributed by atoms with Crippen LogP contribution in [-0.2, 0) is 0 Å². The van der Waals surface area contributed by atoms with Crippen LogP contribution in [0.2, 0.25) is 0 Å². The quantitative estimate of drug-likeness (QED) is 0.172. The van der Waals surface area contributed by atoms with Crippen molar-refractivity contribution < 1.29 is 34.0 Å². The van der Waals surface area contributed by atoms with Crippen LogP contribution in [-0.4, -0.2) is 41.5 Å². The molecule has 1 amide bonds. The number of phenolic OH excluding ortho intramolecular Hbond substituents is 2. The first-order chi connectivity index (χ1) is 16.9. The fourth-order valence-electron chi connectivity index (χ4n) is 2.96. The van der Waals surface area contributed by atoms with Crippen molar-refractivity contribution >= 4 is 18.1 Å². The molecule has 0 aliphatic carbocycles. The second-order valence-corrected chi connectivity index (χ2v) is 7.30. The van der Waals surface area contributed by atoms with Gasteiger partial charge in [0, 0.05) is 6.07 Å². The summed E-state index contributed by atoms with van der Waals surface area (Å²) >= 11 is 0. The van der Waals surface area contributed by atoms with Gasteiger partial charge in [-0.05, 0) is 73.5 Å². The summed E-state index contributed by atoms with van der Waals surface area (Å²) in [5, 5.41) is 23.0. The first-order valence-electron chi connectivity index (χ1n) is 11.0. The van der Waals surface area contributed by atoms with E-state index in [1.807, 2.05) is 6.92 Å². The van der Waals surface area contributed by atoms with Gasteiger partial charge in [-0.15, -0.1) is 0 Å². The molecule has 0 unspecified atom stereocenters. The number of rotatable bonds is 10. The van der Waals surface area contributed by atoms with Crippen molar-refractivity contribution in [3.8, 4) is 28.7 Å². The van der Waals surface area contributed by atoms with Crippen LogP contribution >= 0.6 is 0 Å². The molecule has 0 atom stereocenters. The summed E-state index contributed by atoms with van der Waals surface area (Å²) < 4.78 is 16.6. The molecule has 0 bridgehead atoms. The third-order valence-corrected chi connectivity index (χ3v) is 4.64. The number of hydrogen-bond acceptors (Lipinski definition) is 8. The lowest BCUT2D eigenvalue weighted by molar-refractivity contribution is 0.0728. The van der Waals surface area contributed by atoms with Crippen LogP contribution in [0, 0.1) is 0 Å². The van der Waals surface area contributed by atoms with Gasteiger partial charge in [-0.2, -0.15) is 5.10 Å². The standard InChI is InChI=1S/C26H26N2O7/c1-3-13-34-20-9-6-18(7-10-20)26(32)35-23-12-5-17(14-24(23)33-4-2)16-27-28-25(31)21-11-8-19(29)15-22(21)30/h5-12,14-16,29-30H,3-4,13H2,1-2H3,(H,28,31)/b27-16-. The first kappa shape index (κ1) is 25.1. The number of nitrogens with one attached hydrogen (secondary N) is 1. The normalized spacial score (nSPS) is 10.7. The van der Waals surface area contributed by atoms with E-state index in [2.05, 4.69) is 10.5 Å². The highest BCUT2D eigenvalue weighted by Crippen LogP contribution is 2.29. The van der Waals surface area contributed by atoms with E-state index in [1.165, 1.54) is 18.3 Å². The highest BCUT2D eigenvalue weighted by molar-refractivity contribution is 5.97. The number of carbonyl (C=O) groups is 2. The summed E-state index contributed by atoms with van der Waals surface area (Å²) in [5.74, 6) is -0.491. The molecule has 182 valence electrons. The molecule has 0 radical (unpaired) electrons. The molecule has 0 heterocycles. The zero-order valence-corrected chi connectivity index (χ0v) is 19.4. The molecule has 35 heavy (non-hydrogen) atoms. The molecule has 9 nitrogen and oxygen atoms in total. The van der Waals surface area contributed by atoms with E-state index in [0.717, 1.165) is 12.5 Å². The molecule has 3 aromatic rings. The first-order valence-corrected chi connectivity index (χ1v) is 11.0. The molecule has 0 fully saturated rings. The third kappa shape index (κ3) is 6.97. The van der Waals surface area contributed by atoms with Crippen LogP contribution in [0.25, 0.3) is 0 Å². The molecule has 0 aliphatic heterocycles. The molecule has 0 saturated carbocycles. The van der Waals surface area contributed by atoms with Gasteiger partial charge >= 0.3 is 5.97 Å². The van der Waals surface area contributed by atoms with Crippen molar-refractivity contribution in [3.63, 3.8) is 0 Å². The van der Waals surface area contributed by atoms with Gasteiger partial charge < -0.3 is 24.4 Å². The Morgan fingerprint density at radius 3 is 2.40 bits per heavy atom. The molecule has 3 rings (SSSR count). The SMILES string of the molecule is CCCOc1ccc(C(=O)Oc2ccc(/C=N\NC(=O)c3ccc(O)cc3O)cc2OCC)cc1. The summed E-state index contributed by atoms with van der Waals surface area (Å²) in [6, 6.07) is 15.1. The van der Waals surface area contributed by atoms with Crippen molar-refractivity contribution in [2.75, 3.05) is 13.2 Å². The number of benzene rings is 3. The van der Waals surface area contributed by atoms with Crippen LogP contribution in [0.4, 0.5) is 0 Å². The van der Waals surface area contributed by atoms with Crippen LogP contribution in [0.5, 0.6) is 28.7 Å². The molecule has 3 N–H and O–H groups in total. The van der Waals surface area contributed by atoms with Gasteiger partial charge in [0.1, 0.15) is 17.2 Å². The Labute approximate surface area is 202 Å². The Balaban J connectivity index is 1.67. The van der Waals surface area contributed by atoms with Crippen LogP contribution < -0.4 is 19.6 Å². The number of esters is 1. The Bertz CT molecular complexity index is 1210. The minimum Gasteiger partial charge on any atom is -0.508 e. The lowest BCUT2D eigenvalue weighted by Crippen LogP contribution is -2.17. The molecule has 0 aromatic heterocycles. The molecule has 9 heteroatoms. The van der Waals surface area contributed by atoms with Gasteiger partial charge in [0.15, 0.2) is 11.5 Å². The number of hydrazone groups is 1. The highest BCUT2D eigenvalue weighted by Gasteiger charge is 2.14. The van der Waals surface area contributed by atoms with Crippen molar-refractivity contribution in [1.82, 2.24) is 5.43 Å². The average molecular weight is 479 g/mol. The summed E-state index contributed by atoms with van der Waals surface area (Å²) in [7, 11) is 0. The maximum absolute atomic E-state index is 12.6. The monoisotopic (exact) mass is 478 g/mol. The van der Waals surface area contributed by atoms with E-state index < -0.39 is 11.9 Å². The van der Waals surface area contributed by atoms with Gasteiger partial charge in [-0.3, -0.25) is 4.79 Å². The van der Waals surface area contributed by atoms with Crippen LogP contribution in [0.15, 0.2) is 65.8 Å². The number of amides is 1. The third-order valence-electron chi connectivity index (χ3n) is 4.64. The van der Waals surface area contributed by atoms with Gasteiger partial charge in [-0.25, -0.2) is 10.2 Å². The van der Waals surface area contributed by atoms with Gasteiger partial charge in [0.2, 0.25) is 0 Å². The Morgan fingerprint density at radius 2 is 1.71 bits per heavy atom. The number of aromatic hydroxyl groups is 2. The van der Waals surface area contributed by atoms with Gasteiger partial charge in [0.05, 0.1) is 30.6 Å². The number of hydrogen-bond donors (Lipinski definition) is 3. The van der Waals surface area contributed by atoms with Crippen LogP contribution in [0.3, 0.4) is 0 Å². The van der Waals surface area contributed by atoms with Crippen molar-refractivity contribution in [2.24, 2.45) is 5.10 Å². The van der Waals surface area contributed by atoms with Crippen LogP contribution in [0.1, 0.15) is 46.5 Å². The predicted molar refractivity (Wildman–Crippen MR) is 130 cm³/mol. The molecule has 3 aromatic carbocycles. The molecule has 0 spiro atoms. The minimum atomic E-state index is -0.652. The van der Waals surface area contributed by atoms with E-state index in [0.29, 0.717) is 35.8 Å².